The molecular weight excluding hydrogens is 368 g/mol. The first-order valence-electron chi connectivity index (χ1n) is 9.75. The third-order valence-electron chi connectivity index (χ3n) is 5.14. The highest BCUT2D eigenvalue weighted by Crippen LogP contribution is 2.27. The lowest BCUT2D eigenvalue weighted by molar-refractivity contribution is -0.128. The van der Waals surface area contributed by atoms with E-state index in [1.165, 1.54) is 11.8 Å². The minimum Gasteiger partial charge on any atom is -0.367 e. The molecule has 1 aromatic heterocycles. The van der Waals surface area contributed by atoms with Crippen LogP contribution in [-0.2, 0) is 4.79 Å². The van der Waals surface area contributed by atoms with Gasteiger partial charge in [0, 0.05) is 37.9 Å². The molecule has 1 aliphatic carbocycles. The van der Waals surface area contributed by atoms with Gasteiger partial charge >= 0.3 is 0 Å². The fourth-order valence-corrected chi connectivity index (χ4v) is 3.27. The van der Waals surface area contributed by atoms with Crippen LogP contribution < -0.4 is 16.4 Å². The summed E-state index contributed by atoms with van der Waals surface area (Å²) < 4.78 is 0. The van der Waals surface area contributed by atoms with E-state index in [9.17, 15) is 9.59 Å². The van der Waals surface area contributed by atoms with Crippen LogP contribution in [0.1, 0.15) is 42.1 Å². The van der Waals surface area contributed by atoms with Crippen LogP contribution in [0.25, 0.3) is 5.57 Å². The SMILES string of the molecule is CC(=O)N1CC=C(c2ccc(Nc3ncc(C(N)=O)c(NC4CC4)n3)cc2)CC1. The van der Waals surface area contributed by atoms with Gasteiger partial charge in [-0.05, 0) is 42.5 Å². The van der Waals surface area contributed by atoms with Crippen molar-refractivity contribution in [2.45, 2.75) is 32.2 Å². The van der Waals surface area contributed by atoms with Crippen molar-refractivity contribution in [1.82, 2.24) is 14.9 Å². The van der Waals surface area contributed by atoms with Gasteiger partial charge in [0.1, 0.15) is 5.82 Å². The zero-order valence-electron chi connectivity index (χ0n) is 16.3. The van der Waals surface area contributed by atoms with Gasteiger partial charge in [-0.15, -0.1) is 0 Å². The first kappa shape index (κ1) is 18.9. The van der Waals surface area contributed by atoms with Crippen molar-refractivity contribution in [2.75, 3.05) is 23.7 Å². The molecule has 29 heavy (non-hydrogen) atoms. The Labute approximate surface area is 169 Å². The van der Waals surface area contributed by atoms with Gasteiger partial charge in [0.05, 0.1) is 5.56 Å². The lowest BCUT2D eigenvalue weighted by Crippen LogP contribution is -2.32. The zero-order chi connectivity index (χ0) is 20.4. The van der Waals surface area contributed by atoms with E-state index < -0.39 is 5.91 Å². The normalized spacial score (nSPS) is 16.2. The number of nitrogens with zero attached hydrogens (tertiary/aromatic N) is 3. The Morgan fingerprint density at radius 2 is 1.97 bits per heavy atom. The highest BCUT2D eigenvalue weighted by atomic mass is 16.2. The van der Waals surface area contributed by atoms with Crippen molar-refractivity contribution in [3.05, 3.63) is 47.7 Å². The van der Waals surface area contributed by atoms with Crippen LogP contribution in [0, 0.1) is 0 Å². The monoisotopic (exact) mass is 392 g/mol. The predicted molar refractivity (Wildman–Crippen MR) is 112 cm³/mol. The molecule has 4 rings (SSSR count). The maximum atomic E-state index is 11.6. The fraction of sp³-hybridized carbons (Fsp3) is 0.333. The van der Waals surface area contributed by atoms with Crippen molar-refractivity contribution in [3.63, 3.8) is 0 Å². The quantitative estimate of drug-likeness (QED) is 0.696. The number of rotatable bonds is 6. The van der Waals surface area contributed by atoms with Gasteiger partial charge in [-0.2, -0.15) is 4.98 Å². The van der Waals surface area contributed by atoms with Crippen LogP contribution in [0.15, 0.2) is 36.5 Å². The second-order valence-electron chi connectivity index (χ2n) is 7.39. The van der Waals surface area contributed by atoms with Crippen molar-refractivity contribution in [1.29, 1.82) is 0 Å². The molecule has 0 unspecified atom stereocenters. The largest absolute Gasteiger partial charge is 0.367 e. The molecule has 2 aromatic rings. The summed E-state index contributed by atoms with van der Waals surface area (Å²) in [7, 11) is 0. The van der Waals surface area contributed by atoms with Crippen molar-refractivity contribution >= 4 is 34.8 Å². The van der Waals surface area contributed by atoms with Crippen LogP contribution in [0.5, 0.6) is 0 Å². The van der Waals surface area contributed by atoms with E-state index in [-0.39, 0.29) is 5.91 Å². The van der Waals surface area contributed by atoms with E-state index in [4.69, 9.17) is 5.73 Å². The Morgan fingerprint density at radius 1 is 1.21 bits per heavy atom. The Kier molecular flexibility index (Phi) is 5.16. The number of carbonyl (C=O) groups is 2. The summed E-state index contributed by atoms with van der Waals surface area (Å²) in [5.74, 6) is 0.433. The molecule has 150 valence electrons. The number of carbonyl (C=O) groups excluding carboxylic acids is 2. The second kappa shape index (κ2) is 7.90. The molecule has 0 saturated heterocycles. The number of nitrogens with two attached hydrogens (primary N) is 1. The number of aromatic nitrogens is 2. The van der Waals surface area contributed by atoms with E-state index in [0.29, 0.717) is 29.9 Å². The van der Waals surface area contributed by atoms with Crippen LogP contribution in [0.4, 0.5) is 17.5 Å². The van der Waals surface area contributed by atoms with Crippen LogP contribution in [0.3, 0.4) is 0 Å². The summed E-state index contributed by atoms with van der Waals surface area (Å²) in [6.45, 7) is 3.00. The van der Waals surface area contributed by atoms with Crippen LogP contribution in [-0.4, -0.2) is 45.8 Å². The molecule has 2 aliphatic rings. The van der Waals surface area contributed by atoms with Crippen molar-refractivity contribution in [2.24, 2.45) is 5.73 Å². The molecule has 4 N–H and O–H groups in total. The topological polar surface area (TPSA) is 113 Å². The minimum atomic E-state index is -0.548. The number of amides is 2. The minimum absolute atomic E-state index is 0.109. The molecule has 0 atom stereocenters. The number of anilines is 3. The summed E-state index contributed by atoms with van der Waals surface area (Å²) in [5.41, 5.74) is 8.94. The highest BCUT2D eigenvalue weighted by molar-refractivity contribution is 5.97. The van der Waals surface area contributed by atoms with Gasteiger partial charge < -0.3 is 21.3 Å². The molecule has 0 radical (unpaired) electrons. The van der Waals surface area contributed by atoms with Gasteiger partial charge in [0.2, 0.25) is 11.9 Å². The van der Waals surface area contributed by atoms with Gasteiger partial charge in [-0.25, -0.2) is 4.98 Å². The van der Waals surface area contributed by atoms with E-state index in [1.807, 2.05) is 29.2 Å². The van der Waals surface area contributed by atoms with E-state index >= 15 is 0 Å². The summed E-state index contributed by atoms with van der Waals surface area (Å²) in [6, 6.07) is 8.36. The number of nitrogens with one attached hydrogen (secondary N) is 2. The molecule has 1 fully saturated rings. The third kappa shape index (κ3) is 4.53. The first-order chi connectivity index (χ1) is 14.0. The molecule has 0 bridgehead atoms. The van der Waals surface area contributed by atoms with Gasteiger partial charge in [0.15, 0.2) is 0 Å². The Morgan fingerprint density at radius 3 is 2.55 bits per heavy atom. The highest BCUT2D eigenvalue weighted by Gasteiger charge is 2.24. The molecule has 0 spiro atoms. The molecule has 1 aromatic carbocycles. The molecule has 2 heterocycles. The smallest absolute Gasteiger partial charge is 0.254 e. The Hall–Kier alpha value is -3.42. The number of hydrogen-bond donors (Lipinski definition) is 3. The van der Waals surface area contributed by atoms with Crippen molar-refractivity contribution < 1.29 is 9.59 Å². The second-order valence-corrected chi connectivity index (χ2v) is 7.39. The number of benzene rings is 1. The van der Waals surface area contributed by atoms with Gasteiger partial charge in [0.25, 0.3) is 5.91 Å². The van der Waals surface area contributed by atoms with Gasteiger partial charge in [-0.3, -0.25) is 9.59 Å². The average molecular weight is 392 g/mol. The van der Waals surface area contributed by atoms with Crippen molar-refractivity contribution in [3.8, 4) is 0 Å². The summed E-state index contributed by atoms with van der Waals surface area (Å²) in [5, 5.41) is 6.40. The van der Waals surface area contributed by atoms with Gasteiger partial charge in [-0.1, -0.05) is 18.2 Å². The molecule has 1 aliphatic heterocycles. The maximum Gasteiger partial charge on any atom is 0.254 e. The molecule has 1 saturated carbocycles. The summed E-state index contributed by atoms with van der Waals surface area (Å²) >= 11 is 0. The Bertz CT molecular complexity index is 966. The van der Waals surface area contributed by atoms with E-state index in [0.717, 1.165) is 37.1 Å². The van der Waals surface area contributed by atoms with Crippen LogP contribution >= 0.6 is 0 Å². The number of hydrogen-bond acceptors (Lipinski definition) is 6. The molecular formula is C21H24N6O2. The summed E-state index contributed by atoms with van der Waals surface area (Å²) in [6.07, 6.45) is 6.53. The third-order valence-corrected chi connectivity index (χ3v) is 5.14. The molecule has 8 heteroatoms. The molecule has 2 amide bonds. The maximum absolute atomic E-state index is 11.6. The standard InChI is InChI=1S/C21H24N6O2/c1-13(28)27-10-8-15(9-11-27)14-2-4-17(5-3-14)25-21-23-12-18(19(22)29)20(26-21)24-16-6-7-16/h2-5,8,12,16H,6-7,9-11H2,1H3,(H2,22,29)(H2,23,24,25,26). The van der Waals surface area contributed by atoms with E-state index in [1.54, 1.807) is 6.92 Å². The zero-order valence-corrected chi connectivity index (χ0v) is 16.3. The average Bonchev–Trinajstić information content (AvgIpc) is 3.53. The lowest BCUT2D eigenvalue weighted by Gasteiger charge is -2.25. The van der Waals surface area contributed by atoms with E-state index in [2.05, 4.69) is 26.7 Å². The lowest BCUT2D eigenvalue weighted by atomic mass is 9.99. The number of primary amides is 1. The predicted octanol–water partition coefficient (Wildman–Crippen LogP) is 2.53. The first-order valence-corrected chi connectivity index (χ1v) is 9.75. The fourth-order valence-electron chi connectivity index (χ4n) is 3.27. The van der Waals surface area contributed by atoms with Crippen LogP contribution in [0.2, 0.25) is 0 Å². The Balaban J connectivity index is 1.46. The molecule has 8 nitrogen and oxygen atoms in total. The summed E-state index contributed by atoms with van der Waals surface area (Å²) in [4.78, 5) is 33.5.